The van der Waals surface area contributed by atoms with Gasteiger partial charge in [-0.15, -0.1) is 10.2 Å². The van der Waals surface area contributed by atoms with E-state index in [9.17, 15) is 14.4 Å². The Kier molecular flexibility index (Phi) is 4.82. The highest BCUT2D eigenvalue weighted by Crippen LogP contribution is 2.54. The van der Waals surface area contributed by atoms with Crippen LogP contribution in [0.15, 0.2) is 40.9 Å². The third-order valence-corrected chi connectivity index (χ3v) is 7.50. The molecule has 2 bridgehead atoms. The van der Waals surface area contributed by atoms with Gasteiger partial charge in [-0.2, -0.15) is 0 Å². The smallest absolute Gasteiger partial charge is 0.234 e. The van der Waals surface area contributed by atoms with Gasteiger partial charge in [0.1, 0.15) is 5.01 Å². The molecule has 2 heterocycles. The van der Waals surface area contributed by atoms with Gasteiger partial charge in [0, 0.05) is 4.47 Å². The summed E-state index contributed by atoms with van der Waals surface area (Å²) in [6.45, 7) is 1.81. The van der Waals surface area contributed by atoms with Gasteiger partial charge >= 0.3 is 0 Å². The maximum Gasteiger partial charge on any atom is 0.234 e. The van der Waals surface area contributed by atoms with Crippen LogP contribution in [0, 0.1) is 30.6 Å². The van der Waals surface area contributed by atoms with Crippen LogP contribution in [0.2, 0.25) is 0 Å². The lowest BCUT2D eigenvalue weighted by Crippen LogP contribution is -2.38. The predicted octanol–water partition coefficient (Wildman–Crippen LogP) is 3.49. The van der Waals surface area contributed by atoms with E-state index in [0.717, 1.165) is 21.5 Å². The molecule has 2 aliphatic carbocycles. The summed E-state index contributed by atoms with van der Waals surface area (Å²) in [5, 5.41) is 11.7. The monoisotopic (exact) mass is 486 g/mol. The van der Waals surface area contributed by atoms with Crippen LogP contribution in [0.1, 0.15) is 29.5 Å². The van der Waals surface area contributed by atoms with E-state index in [0.29, 0.717) is 5.13 Å². The molecule has 7 nitrogen and oxygen atoms in total. The van der Waals surface area contributed by atoms with E-state index in [-0.39, 0.29) is 47.8 Å². The number of nitrogens with one attached hydrogen (secondary N) is 1. The second-order valence-corrected chi connectivity index (χ2v) is 10.1. The summed E-state index contributed by atoms with van der Waals surface area (Å²) >= 11 is 4.69. The molecule has 3 amide bonds. The van der Waals surface area contributed by atoms with Crippen LogP contribution in [-0.2, 0) is 14.4 Å². The summed E-state index contributed by atoms with van der Waals surface area (Å²) in [5.41, 5.74) is 0.753. The zero-order valence-corrected chi connectivity index (χ0v) is 18.5. The molecule has 0 radical (unpaired) electrons. The van der Waals surface area contributed by atoms with Crippen LogP contribution < -0.4 is 5.32 Å². The first-order valence-corrected chi connectivity index (χ1v) is 11.4. The summed E-state index contributed by atoms with van der Waals surface area (Å²) in [6.07, 6.45) is 4.99. The molecule has 30 heavy (non-hydrogen) atoms. The minimum Gasteiger partial charge on any atom is -0.300 e. The number of allylic oxidation sites excluding steroid dienone is 2. The van der Waals surface area contributed by atoms with E-state index in [1.807, 2.05) is 24.3 Å². The van der Waals surface area contributed by atoms with Gasteiger partial charge in [0.05, 0.1) is 24.3 Å². The number of carbonyl (C=O) groups is 3. The van der Waals surface area contributed by atoms with E-state index in [4.69, 9.17) is 0 Å². The second kappa shape index (κ2) is 7.39. The summed E-state index contributed by atoms with van der Waals surface area (Å²) in [7, 11) is 0. The molecule has 154 valence electrons. The molecule has 2 aromatic rings. The number of benzene rings is 1. The summed E-state index contributed by atoms with van der Waals surface area (Å²) in [4.78, 5) is 40.8. The molecule has 1 aliphatic heterocycles. The largest absolute Gasteiger partial charge is 0.300 e. The average molecular weight is 487 g/mol. The maximum absolute atomic E-state index is 13.3. The minimum absolute atomic E-state index is 0.0278. The number of hydrogen-bond donors (Lipinski definition) is 1. The standard InChI is InChI=1S/C21H19BrN4O3S/c1-10-24-25-21(30-10)23-16(27)9-15(11-4-6-14(22)7-5-11)26-19(28)17-12-2-3-13(8-12)18(17)20(26)29/h2-7,12-13,15,17-18H,8-9H2,1H3,(H,23,25,27). The quantitative estimate of drug-likeness (QED) is 0.515. The normalized spacial score (nSPS) is 27.6. The molecule has 9 heteroatoms. The zero-order valence-electron chi connectivity index (χ0n) is 16.1. The van der Waals surface area contributed by atoms with Gasteiger partial charge in [-0.25, -0.2) is 0 Å². The number of halogens is 1. The Balaban J connectivity index is 1.44. The fourth-order valence-corrected chi connectivity index (χ4v) is 5.84. The van der Waals surface area contributed by atoms with Crippen molar-refractivity contribution in [2.24, 2.45) is 23.7 Å². The van der Waals surface area contributed by atoms with Gasteiger partial charge in [0.2, 0.25) is 22.9 Å². The molecule has 5 rings (SSSR count). The van der Waals surface area contributed by atoms with Crippen LogP contribution in [-0.4, -0.2) is 32.8 Å². The van der Waals surface area contributed by atoms with Crippen molar-refractivity contribution in [3.05, 3.63) is 51.5 Å². The fraction of sp³-hybridized carbons (Fsp3) is 0.381. The van der Waals surface area contributed by atoms with Crippen LogP contribution in [0.25, 0.3) is 0 Å². The number of nitrogens with zero attached hydrogens (tertiary/aromatic N) is 3. The first-order valence-electron chi connectivity index (χ1n) is 9.83. The van der Waals surface area contributed by atoms with Crippen LogP contribution >= 0.6 is 27.3 Å². The summed E-state index contributed by atoms with van der Waals surface area (Å²) in [5.74, 6) is -0.949. The number of fused-ring (bicyclic) bond motifs is 5. The number of hydrogen-bond acceptors (Lipinski definition) is 6. The highest BCUT2D eigenvalue weighted by Gasteiger charge is 2.60. The molecule has 1 aromatic heterocycles. The molecular weight excluding hydrogens is 468 g/mol. The number of aryl methyl sites for hydroxylation is 1. The molecular formula is C21H19BrN4O3S. The predicted molar refractivity (Wildman–Crippen MR) is 114 cm³/mol. The van der Waals surface area contributed by atoms with Gasteiger partial charge in [-0.3, -0.25) is 19.3 Å². The highest BCUT2D eigenvalue weighted by atomic mass is 79.9. The molecule has 0 spiro atoms. The van der Waals surface area contributed by atoms with Gasteiger partial charge in [0.25, 0.3) is 0 Å². The van der Waals surface area contributed by atoms with Crippen molar-refractivity contribution in [1.82, 2.24) is 15.1 Å². The van der Waals surface area contributed by atoms with E-state index in [1.54, 1.807) is 6.92 Å². The lowest BCUT2D eigenvalue weighted by molar-refractivity contribution is -0.144. The zero-order chi connectivity index (χ0) is 21.0. The van der Waals surface area contributed by atoms with Crippen molar-refractivity contribution in [2.75, 3.05) is 5.32 Å². The first-order chi connectivity index (χ1) is 14.4. The lowest BCUT2D eigenvalue weighted by Gasteiger charge is -2.28. The summed E-state index contributed by atoms with van der Waals surface area (Å²) in [6, 6.07) is 6.74. The van der Waals surface area contributed by atoms with E-state index in [1.165, 1.54) is 16.2 Å². The Hall–Kier alpha value is -2.39. The molecule has 1 N–H and O–H groups in total. The molecule has 5 unspecified atom stereocenters. The summed E-state index contributed by atoms with van der Waals surface area (Å²) < 4.78 is 0.886. The number of amides is 3. The van der Waals surface area contributed by atoms with Crippen LogP contribution in [0.5, 0.6) is 0 Å². The maximum atomic E-state index is 13.3. The number of likely N-dealkylation sites (tertiary alicyclic amines) is 1. The topological polar surface area (TPSA) is 92.3 Å². The van der Waals surface area contributed by atoms with Crippen molar-refractivity contribution in [3.8, 4) is 0 Å². The average Bonchev–Trinajstić information content (AvgIpc) is 3.47. The van der Waals surface area contributed by atoms with Crippen LogP contribution in [0.3, 0.4) is 0 Å². The molecule has 3 aliphatic rings. The fourth-order valence-electron chi connectivity index (χ4n) is 4.97. The Morgan fingerprint density at radius 2 is 1.80 bits per heavy atom. The van der Waals surface area contributed by atoms with Crippen molar-refractivity contribution in [3.63, 3.8) is 0 Å². The molecule has 5 atom stereocenters. The second-order valence-electron chi connectivity index (χ2n) is 7.99. The molecule has 1 saturated heterocycles. The van der Waals surface area contributed by atoms with E-state index >= 15 is 0 Å². The van der Waals surface area contributed by atoms with Gasteiger partial charge in [0.15, 0.2) is 0 Å². The van der Waals surface area contributed by atoms with Crippen LogP contribution in [0.4, 0.5) is 5.13 Å². The Morgan fingerprint density at radius 3 is 2.37 bits per heavy atom. The molecule has 1 aromatic carbocycles. The van der Waals surface area contributed by atoms with Crippen molar-refractivity contribution in [1.29, 1.82) is 0 Å². The number of imide groups is 1. The number of rotatable bonds is 5. The van der Waals surface area contributed by atoms with Gasteiger partial charge in [-0.1, -0.05) is 51.6 Å². The Morgan fingerprint density at radius 1 is 1.17 bits per heavy atom. The highest BCUT2D eigenvalue weighted by molar-refractivity contribution is 9.10. The number of carbonyl (C=O) groups excluding carboxylic acids is 3. The van der Waals surface area contributed by atoms with Crippen molar-refractivity contribution in [2.45, 2.75) is 25.8 Å². The third-order valence-electron chi connectivity index (χ3n) is 6.22. The first kappa shape index (κ1) is 19.6. The molecule has 1 saturated carbocycles. The number of anilines is 1. The Labute approximate surface area is 185 Å². The van der Waals surface area contributed by atoms with Crippen molar-refractivity contribution < 1.29 is 14.4 Å². The van der Waals surface area contributed by atoms with E-state index < -0.39 is 6.04 Å². The number of aromatic nitrogens is 2. The molecule has 2 fully saturated rings. The van der Waals surface area contributed by atoms with Gasteiger partial charge < -0.3 is 5.32 Å². The Bertz CT molecular complexity index is 1040. The lowest BCUT2D eigenvalue weighted by atomic mass is 9.85. The third kappa shape index (κ3) is 3.20. The minimum atomic E-state index is -0.655. The van der Waals surface area contributed by atoms with Crippen molar-refractivity contribution >= 4 is 50.1 Å². The van der Waals surface area contributed by atoms with Gasteiger partial charge in [-0.05, 0) is 42.9 Å². The SMILES string of the molecule is Cc1nnc(NC(=O)CC(c2ccc(Br)cc2)N2C(=O)C3C4C=CC(C4)C3C2=O)s1. The van der Waals surface area contributed by atoms with E-state index in [2.05, 4.69) is 43.6 Å².